The van der Waals surface area contributed by atoms with E-state index in [4.69, 9.17) is 0 Å². The van der Waals surface area contributed by atoms with E-state index in [0.29, 0.717) is 25.6 Å². The molecule has 0 bridgehead atoms. The first-order valence-electron chi connectivity index (χ1n) is 11.1. The van der Waals surface area contributed by atoms with Gasteiger partial charge in [-0.3, -0.25) is 9.69 Å². The predicted molar refractivity (Wildman–Crippen MR) is 121 cm³/mol. The van der Waals surface area contributed by atoms with Gasteiger partial charge < -0.3 is 4.90 Å². The second-order valence-electron chi connectivity index (χ2n) is 8.80. The van der Waals surface area contributed by atoms with E-state index < -0.39 is 21.9 Å². The number of hydrogen-bond donors (Lipinski definition) is 0. The number of halogens is 1. The third kappa shape index (κ3) is 4.58. The Hall–Kier alpha value is -2.29. The summed E-state index contributed by atoms with van der Waals surface area (Å²) in [6.45, 7) is 7.31. The number of fused-ring (bicyclic) bond motifs is 1. The highest BCUT2D eigenvalue weighted by Crippen LogP contribution is 2.30. The Morgan fingerprint density at radius 2 is 1.66 bits per heavy atom. The molecule has 1 atom stereocenters. The van der Waals surface area contributed by atoms with Gasteiger partial charge in [0.25, 0.3) is 0 Å². The molecule has 2 aromatic rings. The molecule has 0 aromatic heterocycles. The Kier molecular flexibility index (Phi) is 6.65. The number of carbonyl (C=O) groups is 1. The number of hydrogen-bond acceptors (Lipinski definition) is 4. The van der Waals surface area contributed by atoms with Crippen molar-refractivity contribution in [2.75, 3.05) is 26.2 Å². The molecular formula is C24H30FN3O3S. The molecule has 6 nitrogen and oxygen atoms in total. The van der Waals surface area contributed by atoms with E-state index >= 15 is 0 Å². The average molecular weight is 460 g/mol. The molecule has 1 unspecified atom stereocenters. The van der Waals surface area contributed by atoms with Gasteiger partial charge in [-0.05, 0) is 62.1 Å². The summed E-state index contributed by atoms with van der Waals surface area (Å²) in [6.07, 6.45) is 1.19. The molecule has 8 heteroatoms. The minimum atomic E-state index is -3.98. The van der Waals surface area contributed by atoms with Gasteiger partial charge in [-0.1, -0.05) is 24.3 Å². The quantitative estimate of drug-likeness (QED) is 0.706. The van der Waals surface area contributed by atoms with Gasteiger partial charge in [0.05, 0.1) is 4.90 Å². The topological polar surface area (TPSA) is 60.9 Å². The fraction of sp³-hybridized carbons (Fsp3) is 0.458. The minimum Gasteiger partial charge on any atom is -0.340 e. The van der Waals surface area contributed by atoms with Crippen LogP contribution in [0.1, 0.15) is 31.4 Å². The average Bonchev–Trinajstić information content (AvgIpc) is 3.04. The lowest BCUT2D eigenvalue weighted by atomic mass is 9.95. The maximum atomic E-state index is 13.7. The zero-order chi connectivity index (χ0) is 22.9. The number of amides is 1. The molecule has 172 valence electrons. The third-order valence-corrected chi connectivity index (χ3v) is 8.35. The van der Waals surface area contributed by atoms with E-state index in [0.717, 1.165) is 42.8 Å². The Labute approximate surface area is 189 Å². The normalized spacial score (nSPS) is 20.8. The number of benzene rings is 2. The Balaban J connectivity index is 1.66. The van der Waals surface area contributed by atoms with Gasteiger partial charge in [0, 0.05) is 38.8 Å². The molecule has 0 spiro atoms. The summed E-state index contributed by atoms with van der Waals surface area (Å²) in [5, 5.41) is 0. The number of carbonyl (C=O) groups excluding carboxylic acids is 1. The monoisotopic (exact) mass is 459 g/mol. The molecule has 1 saturated heterocycles. The largest absolute Gasteiger partial charge is 0.340 e. The lowest BCUT2D eigenvalue weighted by Gasteiger charge is -2.37. The van der Waals surface area contributed by atoms with Crippen LogP contribution in [-0.2, 0) is 27.8 Å². The summed E-state index contributed by atoms with van der Waals surface area (Å²) in [5.74, 6) is -0.657. The SMILES string of the molecule is CC(C)N1CCCN(C(=O)C2Cc3ccccc3CN2S(=O)(=O)c2ccc(F)cc2)CC1. The van der Waals surface area contributed by atoms with E-state index in [2.05, 4.69) is 18.7 Å². The van der Waals surface area contributed by atoms with Crippen molar-refractivity contribution in [1.29, 1.82) is 0 Å². The third-order valence-electron chi connectivity index (χ3n) is 6.48. The molecule has 2 aliphatic heterocycles. The molecule has 1 amide bonds. The summed E-state index contributed by atoms with van der Waals surface area (Å²) in [6, 6.07) is 12.0. The molecule has 2 heterocycles. The number of sulfonamides is 1. The standard InChI is InChI=1S/C24H30FN3O3S/c1-18(2)26-12-5-13-27(15-14-26)24(29)23-16-19-6-3-4-7-20(19)17-28(23)32(30,31)22-10-8-21(25)9-11-22/h3-4,6-11,18,23H,5,12-17H2,1-2H3. The molecule has 1 fully saturated rings. The molecule has 4 rings (SSSR count). The summed E-state index contributed by atoms with van der Waals surface area (Å²) in [4.78, 5) is 17.8. The second-order valence-corrected chi connectivity index (χ2v) is 10.7. The first-order valence-corrected chi connectivity index (χ1v) is 12.6. The molecule has 0 N–H and O–H groups in total. The van der Waals surface area contributed by atoms with Crippen molar-refractivity contribution in [3.05, 3.63) is 65.5 Å². The van der Waals surface area contributed by atoms with E-state index in [1.165, 1.54) is 16.4 Å². The van der Waals surface area contributed by atoms with E-state index in [1.54, 1.807) is 0 Å². The van der Waals surface area contributed by atoms with Gasteiger partial charge in [0.15, 0.2) is 0 Å². The Morgan fingerprint density at radius 3 is 2.34 bits per heavy atom. The molecule has 0 radical (unpaired) electrons. The van der Waals surface area contributed by atoms with Crippen LogP contribution in [0, 0.1) is 5.82 Å². The molecule has 2 aliphatic rings. The van der Waals surface area contributed by atoms with E-state index in [1.807, 2.05) is 29.2 Å². The van der Waals surface area contributed by atoms with E-state index in [9.17, 15) is 17.6 Å². The molecular weight excluding hydrogens is 429 g/mol. The van der Waals surface area contributed by atoms with Crippen LogP contribution in [0.2, 0.25) is 0 Å². The molecule has 32 heavy (non-hydrogen) atoms. The lowest BCUT2D eigenvalue weighted by Crippen LogP contribution is -2.54. The van der Waals surface area contributed by atoms with Gasteiger partial charge in [0.2, 0.25) is 15.9 Å². The fourth-order valence-corrected chi connectivity index (χ4v) is 6.15. The van der Waals surface area contributed by atoms with Crippen molar-refractivity contribution in [2.45, 2.75) is 50.2 Å². The highest BCUT2D eigenvalue weighted by atomic mass is 32.2. The number of rotatable bonds is 4. The first-order chi connectivity index (χ1) is 15.3. The van der Waals surface area contributed by atoms with E-state index in [-0.39, 0.29) is 17.3 Å². The Bertz CT molecular complexity index is 1070. The van der Waals surface area contributed by atoms with Crippen LogP contribution in [0.5, 0.6) is 0 Å². The fourth-order valence-electron chi connectivity index (χ4n) is 4.59. The maximum absolute atomic E-state index is 13.7. The van der Waals surface area contributed by atoms with Gasteiger partial charge in [-0.15, -0.1) is 0 Å². The van der Waals surface area contributed by atoms with Crippen LogP contribution < -0.4 is 0 Å². The Morgan fingerprint density at radius 1 is 0.969 bits per heavy atom. The van der Waals surface area contributed by atoms with Crippen molar-refractivity contribution in [3.63, 3.8) is 0 Å². The van der Waals surface area contributed by atoms with Crippen LogP contribution >= 0.6 is 0 Å². The van der Waals surface area contributed by atoms with Gasteiger partial charge in [-0.2, -0.15) is 4.31 Å². The van der Waals surface area contributed by atoms with Crippen molar-refractivity contribution in [1.82, 2.24) is 14.1 Å². The summed E-state index contributed by atoms with van der Waals surface area (Å²) in [7, 11) is -3.98. The van der Waals surface area contributed by atoms with Crippen LogP contribution in [-0.4, -0.2) is 66.7 Å². The van der Waals surface area contributed by atoms with Crippen LogP contribution in [0.25, 0.3) is 0 Å². The minimum absolute atomic E-state index is 0.00192. The smallest absolute Gasteiger partial charge is 0.244 e. The van der Waals surface area contributed by atoms with Gasteiger partial charge >= 0.3 is 0 Å². The highest BCUT2D eigenvalue weighted by Gasteiger charge is 2.41. The number of nitrogens with zero attached hydrogens (tertiary/aromatic N) is 3. The maximum Gasteiger partial charge on any atom is 0.244 e. The summed E-state index contributed by atoms with van der Waals surface area (Å²) < 4.78 is 41.8. The van der Waals surface area contributed by atoms with Crippen molar-refractivity contribution >= 4 is 15.9 Å². The lowest BCUT2D eigenvalue weighted by molar-refractivity contribution is -0.135. The molecule has 2 aromatic carbocycles. The highest BCUT2D eigenvalue weighted by molar-refractivity contribution is 7.89. The van der Waals surface area contributed by atoms with Crippen molar-refractivity contribution < 1.29 is 17.6 Å². The first kappa shape index (κ1) is 22.9. The van der Waals surface area contributed by atoms with Crippen LogP contribution in [0.4, 0.5) is 4.39 Å². The summed E-state index contributed by atoms with van der Waals surface area (Å²) >= 11 is 0. The second kappa shape index (κ2) is 9.29. The predicted octanol–water partition coefficient (Wildman–Crippen LogP) is 2.88. The van der Waals surface area contributed by atoms with Crippen molar-refractivity contribution in [2.24, 2.45) is 0 Å². The zero-order valence-electron chi connectivity index (χ0n) is 18.6. The summed E-state index contributed by atoms with van der Waals surface area (Å²) in [5.41, 5.74) is 1.89. The van der Waals surface area contributed by atoms with Crippen molar-refractivity contribution in [3.8, 4) is 0 Å². The van der Waals surface area contributed by atoms with Gasteiger partial charge in [0.1, 0.15) is 11.9 Å². The molecule has 0 saturated carbocycles. The molecule has 0 aliphatic carbocycles. The zero-order valence-corrected chi connectivity index (χ0v) is 19.4. The van der Waals surface area contributed by atoms with Crippen LogP contribution in [0.3, 0.4) is 0 Å². The van der Waals surface area contributed by atoms with Gasteiger partial charge in [-0.25, -0.2) is 12.8 Å². The van der Waals surface area contributed by atoms with Crippen LogP contribution in [0.15, 0.2) is 53.4 Å².